The van der Waals surface area contributed by atoms with E-state index in [-0.39, 0.29) is 25.3 Å². The molecule has 0 aliphatic heterocycles. The molecule has 34 heavy (non-hydrogen) atoms. The van der Waals surface area contributed by atoms with Gasteiger partial charge in [0.05, 0.1) is 12.1 Å². The number of rotatable bonds is 11. The molecule has 11 nitrogen and oxygen atoms in total. The minimum absolute atomic E-state index is 0.0901. The third kappa shape index (κ3) is 15.9. The highest BCUT2D eigenvalue weighted by Crippen LogP contribution is 2.11. The van der Waals surface area contributed by atoms with Crippen molar-refractivity contribution >= 4 is 24.1 Å². The Morgan fingerprint density at radius 1 is 0.912 bits per heavy atom. The maximum Gasteiger partial charge on any atom is 0.408 e. The lowest BCUT2D eigenvalue weighted by molar-refractivity contribution is -0.131. The third-order valence-corrected chi connectivity index (χ3v) is 4.13. The molecule has 0 fully saturated rings. The molecule has 0 saturated heterocycles. The van der Waals surface area contributed by atoms with Crippen LogP contribution in [-0.2, 0) is 19.1 Å². The number of carboxylic acids is 1. The number of aliphatic carboxylic acids is 1. The summed E-state index contributed by atoms with van der Waals surface area (Å²) < 4.78 is 10.3. The number of amides is 3. The molecule has 0 heterocycles. The molecule has 3 amide bonds. The lowest BCUT2D eigenvalue weighted by atomic mass is 10.0. The van der Waals surface area contributed by atoms with Crippen LogP contribution in [0, 0.1) is 5.92 Å². The third-order valence-electron chi connectivity index (χ3n) is 4.13. The summed E-state index contributed by atoms with van der Waals surface area (Å²) in [7, 11) is 0. The molecule has 0 rings (SSSR count). The minimum Gasteiger partial charge on any atom is -0.478 e. The van der Waals surface area contributed by atoms with Gasteiger partial charge in [0, 0.05) is 19.0 Å². The molecule has 0 spiro atoms. The Morgan fingerprint density at radius 3 is 1.91 bits per heavy atom. The Kier molecular flexibility index (Phi) is 12.6. The van der Waals surface area contributed by atoms with E-state index in [9.17, 15) is 24.3 Å². The van der Waals surface area contributed by atoms with E-state index in [2.05, 4.69) is 16.0 Å². The standard InChI is InChI=1S/C23H41N3O8/c1-14(2)16(9-10-18(28)29)25-19(30)17(26-21(32)34-23(6,7)8)13-15(27)11-12-24-20(31)33-22(3,4)5/h9-10,14-17,27H,11-13H2,1-8H3,(H,24,31)(H,25,30)(H,26,32)(H,28,29)/b10-9+/t15-,16?,17-/m0/s1. The zero-order valence-electron chi connectivity index (χ0n) is 21.4. The molecule has 0 aliphatic rings. The van der Waals surface area contributed by atoms with Crippen molar-refractivity contribution in [3.8, 4) is 0 Å². The van der Waals surface area contributed by atoms with Crippen LogP contribution < -0.4 is 16.0 Å². The molecule has 0 aromatic heterocycles. The molecule has 11 heteroatoms. The number of carboxylic acid groups (broad SMARTS) is 1. The molecule has 0 aliphatic carbocycles. The quantitative estimate of drug-likeness (QED) is 0.277. The maximum absolute atomic E-state index is 12.9. The van der Waals surface area contributed by atoms with Gasteiger partial charge in [0.2, 0.25) is 5.91 Å². The first-order valence-electron chi connectivity index (χ1n) is 11.3. The fourth-order valence-corrected chi connectivity index (χ4v) is 2.61. The van der Waals surface area contributed by atoms with Crippen LogP contribution in [0.25, 0.3) is 0 Å². The average Bonchev–Trinajstić information content (AvgIpc) is 2.60. The number of hydrogen-bond donors (Lipinski definition) is 5. The van der Waals surface area contributed by atoms with Gasteiger partial charge in [-0.3, -0.25) is 4.79 Å². The Hall–Kier alpha value is -2.82. The molecule has 0 aromatic rings. The summed E-state index contributed by atoms with van der Waals surface area (Å²) in [6.07, 6.45) is -0.303. The van der Waals surface area contributed by atoms with E-state index in [0.717, 1.165) is 6.08 Å². The predicted octanol–water partition coefficient (Wildman–Crippen LogP) is 2.33. The van der Waals surface area contributed by atoms with Gasteiger partial charge in [-0.05, 0) is 53.9 Å². The Labute approximate surface area is 201 Å². The summed E-state index contributed by atoms with van der Waals surface area (Å²) in [4.78, 5) is 47.8. The summed E-state index contributed by atoms with van der Waals surface area (Å²) in [5.41, 5.74) is -1.46. The van der Waals surface area contributed by atoms with Crippen LogP contribution in [0.5, 0.6) is 0 Å². The van der Waals surface area contributed by atoms with Crippen molar-refractivity contribution in [2.75, 3.05) is 6.54 Å². The molecule has 5 N–H and O–H groups in total. The largest absolute Gasteiger partial charge is 0.478 e. The lowest BCUT2D eigenvalue weighted by Gasteiger charge is -2.27. The monoisotopic (exact) mass is 487 g/mol. The summed E-state index contributed by atoms with van der Waals surface area (Å²) in [6, 6.07) is -1.77. The summed E-state index contributed by atoms with van der Waals surface area (Å²) in [5.74, 6) is -1.90. The molecule has 0 saturated carbocycles. The first kappa shape index (κ1) is 31.2. The van der Waals surface area contributed by atoms with Gasteiger partial charge in [-0.25, -0.2) is 14.4 Å². The van der Waals surface area contributed by atoms with E-state index in [1.807, 2.05) is 0 Å². The second-order valence-electron chi connectivity index (χ2n) is 10.3. The highest BCUT2D eigenvalue weighted by molar-refractivity contribution is 5.86. The van der Waals surface area contributed by atoms with Crippen LogP contribution in [0.2, 0.25) is 0 Å². The van der Waals surface area contributed by atoms with E-state index in [4.69, 9.17) is 14.6 Å². The first-order valence-corrected chi connectivity index (χ1v) is 11.3. The molecule has 0 aromatic carbocycles. The number of aliphatic hydroxyl groups is 1. The molecule has 3 atom stereocenters. The van der Waals surface area contributed by atoms with Crippen LogP contribution in [0.3, 0.4) is 0 Å². The second-order valence-corrected chi connectivity index (χ2v) is 10.3. The Bertz CT molecular complexity index is 723. The number of hydrogen-bond acceptors (Lipinski definition) is 7. The Balaban J connectivity index is 5.23. The van der Waals surface area contributed by atoms with Gasteiger partial charge in [-0.2, -0.15) is 0 Å². The zero-order valence-corrected chi connectivity index (χ0v) is 21.4. The van der Waals surface area contributed by atoms with Gasteiger partial charge in [0.15, 0.2) is 0 Å². The number of alkyl carbamates (subject to hydrolysis) is 2. The molecular formula is C23H41N3O8. The number of carbonyl (C=O) groups excluding carboxylic acids is 3. The Morgan fingerprint density at radius 2 is 1.44 bits per heavy atom. The van der Waals surface area contributed by atoms with Crippen molar-refractivity contribution in [2.24, 2.45) is 5.92 Å². The summed E-state index contributed by atoms with van der Waals surface area (Å²) >= 11 is 0. The van der Waals surface area contributed by atoms with Crippen molar-refractivity contribution in [3.05, 3.63) is 12.2 Å². The van der Waals surface area contributed by atoms with Gasteiger partial charge in [0.1, 0.15) is 17.2 Å². The van der Waals surface area contributed by atoms with E-state index >= 15 is 0 Å². The van der Waals surface area contributed by atoms with Gasteiger partial charge in [0.25, 0.3) is 0 Å². The van der Waals surface area contributed by atoms with Gasteiger partial charge in [-0.15, -0.1) is 0 Å². The summed E-state index contributed by atoms with van der Waals surface area (Å²) in [5, 5.41) is 27.0. The van der Waals surface area contributed by atoms with E-state index < -0.39 is 53.5 Å². The van der Waals surface area contributed by atoms with Crippen LogP contribution in [0.4, 0.5) is 9.59 Å². The fourth-order valence-electron chi connectivity index (χ4n) is 2.61. The van der Waals surface area contributed by atoms with E-state index in [1.54, 1.807) is 55.4 Å². The lowest BCUT2D eigenvalue weighted by Crippen LogP contribution is -2.52. The number of carbonyl (C=O) groups is 4. The van der Waals surface area contributed by atoms with Crippen molar-refractivity contribution in [1.82, 2.24) is 16.0 Å². The molecule has 196 valence electrons. The average molecular weight is 488 g/mol. The van der Waals surface area contributed by atoms with Crippen LogP contribution in [-0.4, -0.2) is 70.2 Å². The second kappa shape index (κ2) is 13.8. The van der Waals surface area contributed by atoms with Crippen molar-refractivity contribution < 1.29 is 38.9 Å². The maximum atomic E-state index is 12.9. The number of aliphatic hydroxyl groups excluding tert-OH is 1. The highest BCUT2D eigenvalue weighted by atomic mass is 16.6. The molecule has 0 radical (unpaired) electrons. The zero-order chi connectivity index (χ0) is 26.7. The fraction of sp³-hybridized carbons (Fsp3) is 0.739. The van der Waals surface area contributed by atoms with Crippen molar-refractivity contribution in [3.63, 3.8) is 0 Å². The van der Waals surface area contributed by atoms with E-state index in [0.29, 0.717) is 0 Å². The van der Waals surface area contributed by atoms with Crippen molar-refractivity contribution in [2.45, 2.75) is 97.6 Å². The van der Waals surface area contributed by atoms with Crippen LogP contribution >= 0.6 is 0 Å². The molecular weight excluding hydrogens is 446 g/mol. The number of nitrogens with one attached hydrogen (secondary N) is 3. The van der Waals surface area contributed by atoms with Gasteiger partial charge >= 0.3 is 18.2 Å². The first-order chi connectivity index (χ1) is 15.4. The molecule has 0 bridgehead atoms. The normalized spacial score (nSPS) is 14.8. The van der Waals surface area contributed by atoms with Gasteiger partial charge in [-0.1, -0.05) is 19.9 Å². The van der Waals surface area contributed by atoms with E-state index in [1.165, 1.54) is 6.08 Å². The molecule has 1 unspecified atom stereocenters. The minimum atomic E-state index is -1.16. The topological polar surface area (TPSA) is 163 Å². The SMILES string of the molecule is CC(C)C(/C=C/C(=O)O)NC(=O)[C@H](C[C@@H](O)CCNC(=O)OC(C)(C)C)NC(=O)OC(C)(C)C. The smallest absolute Gasteiger partial charge is 0.408 e. The summed E-state index contributed by atoms with van der Waals surface area (Å²) in [6.45, 7) is 13.9. The highest BCUT2D eigenvalue weighted by Gasteiger charge is 2.28. The van der Waals surface area contributed by atoms with Crippen molar-refractivity contribution in [1.29, 1.82) is 0 Å². The van der Waals surface area contributed by atoms with Crippen LogP contribution in [0.15, 0.2) is 12.2 Å². The number of ether oxygens (including phenoxy) is 2. The van der Waals surface area contributed by atoms with Crippen LogP contribution in [0.1, 0.15) is 68.2 Å². The van der Waals surface area contributed by atoms with Gasteiger partial charge < -0.3 is 35.6 Å². The predicted molar refractivity (Wildman–Crippen MR) is 126 cm³/mol.